The predicted molar refractivity (Wildman–Crippen MR) is 94.8 cm³/mol. The van der Waals surface area contributed by atoms with E-state index in [1.165, 1.54) is 25.2 Å². The number of hydrogen-bond donors (Lipinski definition) is 1. The molecule has 0 aliphatic rings. The van der Waals surface area contributed by atoms with Crippen molar-refractivity contribution in [1.82, 2.24) is 0 Å². The van der Waals surface area contributed by atoms with Gasteiger partial charge < -0.3 is 10.1 Å². The van der Waals surface area contributed by atoms with Crippen LogP contribution in [0.15, 0.2) is 48.5 Å². The van der Waals surface area contributed by atoms with Crippen molar-refractivity contribution in [2.24, 2.45) is 0 Å². The number of halogens is 1. The molecule has 0 heterocycles. The lowest BCUT2D eigenvalue weighted by atomic mass is 10.2. The zero-order valence-electron chi connectivity index (χ0n) is 14.1. The summed E-state index contributed by atoms with van der Waals surface area (Å²) >= 11 is 0. The molecule has 8 heteroatoms. The van der Waals surface area contributed by atoms with E-state index in [-0.39, 0.29) is 0 Å². The number of nitrogens with zero attached hydrogens (tertiary/aromatic N) is 1. The van der Waals surface area contributed by atoms with Crippen LogP contribution in [0, 0.1) is 5.82 Å². The Kier molecular flexibility index (Phi) is 5.63. The summed E-state index contributed by atoms with van der Waals surface area (Å²) in [4.78, 5) is 12.1. The third-order valence-electron chi connectivity index (χ3n) is 3.47. The molecular formula is C17H19FN2O4S. The van der Waals surface area contributed by atoms with Gasteiger partial charge in [-0.15, -0.1) is 0 Å². The Morgan fingerprint density at radius 2 is 1.84 bits per heavy atom. The van der Waals surface area contributed by atoms with E-state index in [2.05, 4.69) is 5.32 Å². The SMILES string of the molecule is CC(Oc1ccc(N(C)S(C)(=O)=O)cc1)C(=O)Nc1cccc(F)c1. The summed E-state index contributed by atoms with van der Waals surface area (Å²) in [5.74, 6) is -0.465. The van der Waals surface area contributed by atoms with Gasteiger partial charge in [-0.05, 0) is 49.4 Å². The summed E-state index contributed by atoms with van der Waals surface area (Å²) < 4.78 is 42.8. The van der Waals surface area contributed by atoms with E-state index in [1.54, 1.807) is 37.3 Å². The average Bonchev–Trinajstić information content (AvgIpc) is 2.54. The van der Waals surface area contributed by atoms with Gasteiger partial charge in [0.15, 0.2) is 6.10 Å². The normalized spacial score (nSPS) is 12.3. The van der Waals surface area contributed by atoms with Gasteiger partial charge >= 0.3 is 0 Å². The Hall–Kier alpha value is -2.61. The summed E-state index contributed by atoms with van der Waals surface area (Å²) in [5, 5.41) is 2.56. The molecule has 25 heavy (non-hydrogen) atoms. The maximum atomic E-state index is 13.1. The van der Waals surface area contributed by atoms with Gasteiger partial charge in [0.2, 0.25) is 10.0 Å². The van der Waals surface area contributed by atoms with Gasteiger partial charge in [-0.1, -0.05) is 6.07 Å². The molecule has 0 aliphatic heterocycles. The van der Waals surface area contributed by atoms with Gasteiger partial charge in [0.1, 0.15) is 11.6 Å². The standard InChI is InChI=1S/C17H19FN2O4S/c1-12(17(21)19-14-6-4-5-13(18)11-14)24-16-9-7-15(8-10-16)20(2)25(3,22)23/h4-12H,1-3H3,(H,19,21). The molecule has 2 aromatic rings. The third-order valence-corrected chi connectivity index (χ3v) is 4.68. The van der Waals surface area contributed by atoms with Crippen molar-refractivity contribution >= 4 is 27.3 Å². The molecule has 0 fully saturated rings. The lowest BCUT2D eigenvalue weighted by Gasteiger charge is -2.18. The van der Waals surface area contributed by atoms with Gasteiger partial charge in [0.05, 0.1) is 11.9 Å². The highest BCUT2D eigenvalue weighted by Crippen LogP contribution is 2.21. The van der Waals surface area contributed by atoms with Gasteiger partial charge in [0, 0.05) is 12.7 Å². The summed E-state index contributed by atoms with van der Waals surface area (Å²) in [5.41, 5.74) is 0.817. The lowest BCUT2D eigenvalue weighted by molar-refractivity contribution is -0.122. The first-order valence-electron chi connectivity index (χ1n) is 7.44. The van der Waals surface area contributed by atoms with Crippen molar-refractivity contribution in [2.45, 2.75) is 13.0 Å². The van der Waals surface area contributed by atoms with Crippen LogP contribution in [0.3, 0.4) is 0 Å². The van der Waals surface area contributed by atoms with Crippen LogP contribution in [0.2, 0.25) is 0 Å². The molecule has 0 bridgehead atoms. The van der Waals surface area contributed by atoms with Crippen molar-refractivity contribution in [3.63, 3.8) is 0 Å². The molecule has 1 atom stereocenters. The molecule has 0 spiro atoms. The molecular weight excluding hydrogens is 347 g/mol. The van der Waals surface area contributed by atoms with Gasteiger partial charge in [0.25, 0.3) is 5.91 Å². The molecule has 134 valence electrons. The molecule has 1 amide bonds. The van der Waals surface area contributed by atoms with Gasteiger partial charge in [-0.25, -0.2) is 12.8 Å². The fraction of sp³-hybridized carbons (Fsp3) is 0.235. The lowest BCUT2D eigenvalue weighted by Crippen LogP contribution is -2.30. The van der Waals surface area contributed by atoms with Crippen molar-refractivity contribution in [1.29, 1.82) is 0 Å². The first-order chi connectivity index (χ1) is 11.7. The van der Waals surface area contributed by atoms with Crippen LogP contribution in [0.1, 0.15) is 6.92 Å². The number of sulfonamides is 1. The second-order valence-electron chi connectivity index (χ2n) is 5.48. The Balaban J connectivity index is 2.00. The first-order valence-corrected chi connectivity index (χ1v) is 9.28. The molecule has 2 aromatic carbocycles. The molecule has 0 saturated heterocycles. The van der Waals surface area contributed by atoms with Crippen LogP contribution in [0.4, 0.5) is 15.8 Å². The van der Waals surface area contributed by atoms with Crippen molar-refractivity contribution in [3.8, 4) is 5.75 Å². The van der Waals surface area contributed by atoms with E-state index >= 15 is 0 Å². The zero-order chi connectivity index (χ0) is 18.6. The highest BCUT2D eigenvalue weighted by molar-refractivity contribution is 7.92. The number of rotatable bonds is 6. The van der Waals surface area contributed by atoms with Crippen molar-refractivity contribution < 1.29 is 22.3 Å². The summed E-state index contributed by atoms with van der Waals surface area (Å²) in [7, 11) is -1.90. The first kappa shape index (κ1) is 18.7. The van der Waals surface area contributed by atoms with Crippen LogP contribution in [0.5, 0.6) is 5.75 Å². The van der Waals surface area contributed by atoms with Crippen molar-refractivity contribution in [2.75, 3.05) is 22.9 Å². The Morgan fingerprint density at radius 3 is 2.40 bits per heavy atom. The minimum atomic E-state index is -3.35. The second-order valence-corrected chi connectivity index (χ2v) is 7.50. The zero-order valence-corrected chi connectivity index (χ0v) is 14.9. The van der Waals surface area contributed by atoms with E-state index in [4.69, 9.17) is 4.74 Å². The fourth-order valence-electron chi connectivity index (χ4n) is 1.99. The number of anilines is 2. The van der Waals surface area contributed by atoms with E-state index in [1.807, 2.05) is 0 Å². The molecule has 0 aromatic heterocycles. The molecule has 6 nitrogen and oxygen atoms in total. The number of carbonyl (C=O) groups is 1. The fourth-order valence-corrected chi connectivity index (χ4v) is 2.50. The van der Waals surface area contributed by atoms with Crippen LogP contribution in [0.25, 0.3) is 0 Å². The summed E-state index contributed by atoms with van der Waals surface area (Å²) in [6.45, 7) is 1.56. The molecule has 0 radical (unpaired) electrons. The predicted octanol–water partition coefficient (Wildman–Crippen LogP) is 2.63. The number of amides is 1. The largest absolute Gasteiger partial charge is 0.481 e. The maximum absolute atomic E-state index is 13.1. The van der Waals surface area contributed by atoms with Gasteiger partial charge in [-0.3, -0.25) is 9.10 Å². The van der Waals surface area contributed by atoms with E-state index in [0.29, 0.717) is 17.1 Å². The van der Waals surface area contributed by atoms with E-state index in [0.717, 1.165) is 10.6 Å². The molecule has 1 N–H and O–H groups in total. The summed E-state index contributed by atoms with van der Waals surface area (Å²) in [6.07, 6.45) is 0.290. The minimum absolute atomic E-state index is 0.338. The second kappa shape index (κ2) is 7.52. The Labute approximate surface area is 146 Å². The number of hydrogen-bond acceptors (Lipinski definition) is 4. The minimum Gasteiger partial charge on any atom is -0.481 e. The maximum Gasteiger partial charge on any atom is 0.265 e. The monoisotopic (exact) mass is 366 g/mol. The van der Waals surface area contributed by atoms with E-state index in [9.17, 15) is 17.6 Å². The molecule has 0 saturated carbocycles. The van der Waals surface area contributed by atoms with E-state index < -0.39 is 27.9 Å². The smallest absolute Gasteiger partial charge is 0.265 e. The number of carbonyl (C=O) groups excluding carboxylic acids is 1. The summed E-state index contributed by atoms with van der Waals surface area (Å²) in [6, 6.07) is 11.9. The Bertz CT molecular complexity index is 853. The van der Waals surface area contributed by atoms with Crippen LogP contribution >= 0.6 is 0 Å². The number of nitrogens with one attached hydrogen (secondary N) is 1. The van der Waals surface area contributed by atoms with Crippen molar-refractivity contribution in [3.05, 3.63) is 54.3 Å². The van der Waals surface area contributed by atoms with Crippen LogP contribution in [-0.4, -0.2) is 33.7 Å². The quantitative estimate of drug-likeness (QED) is 0.853. The average molecular weight is 366 g/mol. The van der Waals surface area contributed by atoms with Gasteiger partial charge in [-0.2, -0.15) is 0 Å². The topological polar surface area (TPSA) is 75.7 Å². The molecule has 0 aliphatic carbocycles. The number of benzene rings is 2. The Morgan fingerprint density at radius 1 is 1.20 bits per heavy atom. The molecule has 1 unspecified atom stereocenters. The van der Waals surface area contributed by atoms with Crippen LogP contribution < -0.4 is 14.4 Å². The highest BCUT2D eigenvalue weighted by atomic mass is 32.2. The number of ether oxygens (including phenoxy) is 1. The third kappa shape index (κ3) is 5.18. The highest BCUT2D eigenvalue weighted by Gasteiger charge is 2.16. The molecule has 2 rings (SSSR count). The van der Waals surface area contributed by atoms with Crippen LogP contribution in [-0.2, 0) is 14.8 Å².